The molecule has 3 aromatic rings. The van der Waals surface area contributed by atoms with Gasteiger partial charge in [0.2, 0.25) is 0 Å². The minimum absolute atomic E-state index is 0.234. The van der Waals surface area contributed by atoms with Gasteiger partial charge in [-0.25, -0.2) is 4.98 Å². The topological polar surface area (TPSA) is 82.5 Å². The summed E-state index contributed by atoms with van der Waals surface area (Å²) in [6, 6.07) is 10.7. The van der Waals surface area contributed by atoms with Gasteiger partial charge in [0.15, 0.2) is 0 Å². The maximum absolute atomic E-state index is 12.7. The molecule has 0 radical (unpaired) electrons. The Morgan fingerprint density at radius 1 is 1.14 bits per heavy atom. The van der Waals surface area contributed by atoms with Crippen molar-refractivity contribution >= 4 is 57.4 Å². The number of amides is 1. The second kappa shape index (κ2) is 8.04. The lowest BCUT2D eigenvalue weighted by Gasteiger charge is -2.18. The number of benzene rings is 2. The predicted octanol–water partition coefficient (Wildman–Crippen LogP) is 4.75. The lowest BCUT2D eigenvalue weighted by molar-refractivity contribution is -0.137. The van der Waals surface area contributed by atoms with Crippen molar-refractivity contribution in [3.63, 3.8) is 0 Å². The van der Waals surface area contributed by atoms with Crippen LogP contribution in [0.15, 0.2) is 42.6 Å². The molecule has 144 valence electrons. The van der Waals surface area contributed by atoms with Gasteiger partial charge in [0.05, 0.1) is 5.56 Å². The molecule has 0 saturated heterocycles. The van der Waals surface area contributed by atoms with Crippen LogP contribution >= 0.6 is 23.2 Å². The maximum atomic E-state index is 12.7. The molecule has 0 saturated carbocycles. The third kappa shape index (κ3) is 3.88. The van der Waals surface area contributed by atoms with Gasteiger partial charge < -0.3 is 15.3 Å². The van der Waals surface area contributed by atoms with E-state index in [0.29, 0.717) is 26.6 Å². The van der Waals surface area contributed by atoms with Gasteiger partial charge in [0.1, 0.15) is 12.4 Å². The smallest absolute Gasteiger partial charge is 0.323 e. The van der Waals surface area contributed by atoms with E-state index in [1.165, 1.54) is 13.2 Å². The van der Waals surface area contributed by atoms with Gasteiger partial charge >= 0.3 is 5.97 Å². The Morgan fingerprint density at radius 2 is 1.82 bits per heavy atom. The Labute approximate surface area is 171 Å². The molecule has 0 aliphatic carbocycles. The Kier molecular flexibility index (Phi) is 5.72. The Hall–Kier alpha value is -2.83. The van der Waals surface area contributed by atoms with Crippen molar-refractivity contribution in [3.05, 3.63) is 63.8 Å². The van der Waals surface area contributed by atoms with Crippen molar-refractivity contribution in [1.29, 1.82) is 0 Å². The number of hydrogen-bond donors (Lipinski definition) is 2. The summed E-state index contributed by atoms with van der Waals surface area (Å²) in [5, 5.41) is 14.3. The molecule has 1 aromatic heterocycles. The zero-order valence-corrected chi connectivity index (χ0v) is 16.7. The fourth-order valence-corrected chi connectivity index (χ4v) is 3.32. The average molecular weight is 418 g/mol. The molecule has 2 N–H and O–H groups in total. The summed E-state index contributed by atoms with van der Waals surface area (Å²) in [7, 11) is 1.42. The summed E-state index contributed by atoms with van der Waals surface area (Å²) in [4.78, 5) is 29.2. The molecule has 0 unspecified atom stereocenters. The van der Waals surface area contributed by atoms with Crippen molar-refractivity contribution in [3.8, 4) is 0 Å². The van der Waals surface area contributed by atoms with Crippen LogP contribution in [0.4, 0.5) is 11.5 Å². The van der Waals surface area contributed by atoms with Crippen LogP contribution in [0.25, 0.3) is 10.8 Å². The molecule has 1 amide bonds. The van der Waals surface area contributed by atoms with Gasteiger partial charge in [0, 0.05) is 39.7 Å². The molecule has 0 bridgehead atoms. The van der Waals surface area contributed by atoms with E-state index in [-0.39, 0.29) is 5.56 Å². The number of rotatable bonds is 5. The van der Waals surface area contributed by atoms with Crippen LogP contribution in [0, 0.1) is 6.92 Å². The number of fused-ring (bicyclic) bond motifs is 1. The standard InChI is InChI=1S/C20H17Cl2N3O3/c1-11-14(21)6-4-8-16(11)24-19-12-5-3-7-15(22)18(12)13(9-23-19)20(28)25(2)10-17(26)27/h3-9H,10H2,1-2H3,(H,23,24)(H,26,27). The Morgan fingerprint density at radius 3 is 2.54 bits per heavy atom. The molecule has 2 aromatic carbocycles. The van der Waals surface area contributed by atoms with Gasteiger partial charge in [-0.3, -0.25) is 9.59 Å². The second-order valence-corrected chi connectivity index (χ2v) is 7.09. The zero-order valence-electron chi connectivity index (χ0n) is 15.2. The quantitative estimate of drug-likeness (QED) is 0.625. The highest BCUT2D eigenvalue weighted by Gasteiger charge is 2.21. The van der Waals surface area contributed by atoms with Crippen LogP contribution in [0.1, 0.15) is 15.9 Å². The Bertz CT molecular complexity index is 1090. The lowest BCUT2D eigenvalue weighted by Crippen LogP contribution is -2.32. The molecule has 3 rings (SSSR count). The summed E-state index contributed by atoms with van der Waals surface area (Å²) in [5.74, 6) is -1.06. The first-order valence-corrected chi connectivity index (χ1v) is 9.11. The largest absolute Gasteiger partial charge is 0.480 e. The van der Waals surface area contributed by atoms with Gasteiger partial charge in [-0.1, -0.05) is 41.4 Å². The Balaban J connectivity index is 2.11. The molecule has 0 spiro atoms. The number of halogens is 2. The third-order valence-electron chi connectivity index (χ3n) is 4.33. The first-order valence-electron chi connectivity index (χ1n) is 8.36. The highest BCUT2D eigenvalue weighted by Crippen LogP contribution is 2.34. The number of nitrogens with one attached hydrogen (secondary N) is 1. The maximum Gasteiger partial charge on any atom is 0.323 e. The van der Waals surface area contributed by atoms with E-state index in [9.17, 15) is 9.59 Å². The normalized spacial score (nSPS) is 10.7. The summed E-state index contributed by atoms with van der Waals surface area (Å²) in [5.41, 5.74) is 1.88. The van der Waals surface area contributed by atoms with E-state index in [1.54, 1.807) is 24.3 Å². The van der Waals surface area contributed by atoms with E-state index in [2.05, 4.69) is 10.3 Å². The zero-order chi connectivity index (χ0) is 20.4. The van der Waals surface area contributed by atoms with E-state index in [1.807, 2.05) is 19.1 Å². The third-order valence-corrected chi connectivity index (χ3v) is 5.06. The van der Waals surface area contributed by atoms with Crippen molar-refractivity contribution in [2.45, 2.75) is 6.92 Å². The minimum atomic E-state index is -1.10. The average Bonchev–Trinajstić information content (AvgIpc) is 2.65. The second-order valence-electron chi connectivity index (χ2n) is 6.28. The van der Waals surface area contributed by atoms with E-state index >= 15 is 0 Å². The van der Waals surface area contributed by atoms with E-state index < -0.39 is 18.4 Å². The molecule has 8 heteroatoms. The predicted molar refractivity (Wildman–Crippen MR) is 111 cm³/mol. The fraction of sp³-hybridized carbons (Fsp3) is 0.150. The molecule has 0 fully saturated rings. The van der Waals surface area contributed by atoms with Gasteiger partial charge in [-0.15, -0.1) is 0 Å². The fourth-order valence-electron chi connectivity index (χ4n) is 2.87. The summed E-state index contributed by atoms with van der Waals surface area (Å²) >= 11 is 12.6. The number of carboxylic acid groups (broad SMARTS) is 1. The molecule has 0 atom stereocenters. The number of carbonyl (C=O) groups is 2. The number of aromatic nitrogens is 1. The number of nitrogens with zero attached hydrogens (tertiary/aromatic N) is 2. The molecule has 28 heavy (non-hydrogen) atoms. The molecule has 6 nitrogen and oxygen atoms in total. The van der Waals surface area contributed by atoms with Crippen molar-refractivity contribution in [2.75, 3.05) is 18.9 Å². The van der Waals surface area contributed by atoms with Crippen LogP contribution in [0.3, 0.4) is 0 Å². The monoisotopic (exact) mass is 417 g/mol. The molecular weight excluding hydrogens is 401 g/mol. The van der Waals surface area contributed by atoms with Crippen LogP contribution in [-0.4, -0.2) is 40.5 Å². The highest BCUT2D eigenvalue weighted by atomic mass is 35.5. The number of carbonyl (C=O) groups excluding carboxylic acids is 1. The minimum Gasteiger partial charge on any atom is -0.480 e. The number of likely N-dealkylation sites (N-methyl/N-ethyl adjacent to an activating group) is 1. The molecule has 0 aliphatic heterocycles. The van der Waals surface area contributed by atoms with Crippen molar-refractivity contribution < 1.29 is 14.7 Å². The van der Waals surface area contributed by atoms with Crippen molar-refractivity contribution in [2.24, 2.45) is 0 Å². The van der Waals surface area contributed by atoms with Crippen molar-refractivity contribution in [1.82, 2.24) is 9.88 Å². The number of anilines is 2. The van der Waals surface area contributed by atoms with Gasteiger partial charge in [0.25, 0.3) is 5.91 Å². The summed E-state index contributed by atoms with van der Waals surface area (Å²) in [6.07, 6.45) is 1.40. The van der Waals surface area contributed by atoms with Gasteiger partial charge in [-0.2, -0.15) is 0 Å². The molecule has 1 heterocycles. The van der Waals surface area contributed by atoms with E-state index in [0.717, 1.165) is 16.2 Å². The summed E-state index contributed by atoms with van der Waals surface area (Å²) in [6.45, 7) is 1.46. The molecule has 0 aliphatic rings. The molecular formula is C20H17Cl2N3O3. The van der Waals surface area contributed by atoms with Crippen LogP contribution in [0.2, 0.25) is 10.0 Å². The lowest BCUT2D eigenvalue weighted by atomic mass is 10.1. The SMILES string of the molecule is Cc1c(Cl)cccc1Nc1ncc(C(=O)N(C)CC(=O)O)c2c(Cl)cccc12. The van der Waals surface area contributed by atoms with Gasteiger partial charge in [-0.05, 0) is 30.7 Å². The van der Waals surface area contributed by atoms with Crippen LogP contribution < -0.4 is 5.32 Å². The van der Waals surface area contributed by atoms with Crippen LogP contribution in [0.5, 0.6) is 0 Å². The first-order chi connectivity index (χ1) is 13.3. The van der Waals surface area contributed by atoms with E-state index in [4.69, 9.17) is 28.3 Å². The van der Waals surface area contributed by atoms with Crippen LogP contribution in [-0.2, 0) is 4.79 Å². The number of aliphatic carboxylic acids is 1. The highest BCUT2D eigenvalue weighted by molar-refractivity contribution is 6.37. The summed E-state index contributed by atoms with van der Waals surface area (Å²) < 4.78 is 0. The number of carboxylic acids is 1. The number of pyridine rings is 1. The first kappa shape index (κ1) is 19.9. The number of hydrogen-bond acceptors (Lipinski definition) is 4.